The van der Waals surface area contributed by atoms with Gasteiger partial charge in [0.25, 0.3) is 0 Å². The van der Waals surface area contributed by atoms with Crippen LogP contribution in [0.3, 0.4) is 0 Å². The maximum atomic E-state index is 10.9. The lowest BCUT2D eigenvalue weighted by molar-refractivity contribution is -0.118. The third-order valence-electron chi connectivity index (χ3n) is 4.95. The third kappa shape index (κ3) is 3.16. The summed E-state index contributed by atoms with van der Waals surface area (Å²) < 4.78 is 0. The topological polar surface area (TPSA) is 81.6 Å². The van der Waals surface area contributed by atoms with Crippen molar-refractivity contribution in [3.8, 4) is 0 Å². The van der Waals surface area contributed by atoms with Crippen molar-refractivity contribution in [1.29, 1.82) is 0 Å². The predicted octanol–water partition coefficient (Wildman–Crippen LogP) is 1.25. The molecular formula is C17H23N5O2S. The summed E-state index contributed by atoms with van der Waals surface area (Å²) in [5, 5.41) is 13.6. The van der Waals surface area contributed by atoms with Crippen LogP contribution in [0.4, 0.5) is 11.8 Å². The Bertz CT molecular complexity index is 770. The fraction of sp³-hybridized carbons (Fsp3) is 0.588. The first-order valence-electron chi connectivity index (χ1n) is 8.91. The van der Waals surface area contributed by atoms with E-state index in [1.54, 1.807) is 16.2 Å². The lowest BCUT2D eigenvalue weighted by atomic mass is 9.97. The number of piperazine rings is 1. The summed E-state index contributed by atoms with van der Waals surface area (Å²) in [6.07, 6.45) is 5.58. The van der Waals surface area contributed by atoms with Gasteiger partial charge in [-0.3, -0.25) is 4.79 Å². The minimum absolute atomic E-state index is 0.0746. The van der Waals surface area contributed by atoms with Crippen molar-refractivity contribution >= 4 is 39.7 Å². The second kappa shape index (κ2) is 7.13. The van der Waals surface area contributed by atoms with Crippen LogP contribution in [-0.4, -0.2) is 65.7 Å². The molecule has 4 rings (SSSR count). The van der Waals surface area contributed by atoms with Crippen molar-refractivity contribution in [2.45, 2.75) is 25.7 Å². The predicted molar refractivity (Wildman–Crippen MR) is 99.5 cm³/mol. The molecule has 134 valence electrons. The van der Waals surface area contributed by atoms with Crippen LogP contribution in [0.5, 0.6) is 0 Å². The Kier molecular flexibility index (Phi) is 4.72. The molecule has 2 N–H and O–H groups in total. The Balaban J connectivity index is 1.72. The molecule has 0 saturated carbocycles. The van der Waals surface area contributed by atoms with Gasteiger partial charge in [0.2, 0.25) is 12.4 Å². The number of nitrogens with zero attached hydrogens (tertiary/aromatic N) is 4. The number of nitrogens with one attached hydrogen (secondary N) is 1. The van der Waals surface area contributed by atoms with Crippen LogP contribution >= 0.6 is 11.3 Å². The molecule has 3 heterocycles. The summed E-state index contributed by atoms with van der Waals surface area (Å²) in [7, 11) is 0. The molecule has 1 saturated heterocycles. The number of aliphatic hydroxyl groups is 1. The van der Waals surface area contributed by atoms with Gasteiger partial charge in [0, 0.05) is 37.6 Å². The van der Waals surface area contributed by atoms with E-state index in [4.69, 9.17) is 9.97 Å². The summed E-state index contributed by atoms with van der Waals surface area (Å²) >= 11 is 1.78. The molecule has 25 heavy (non-hydrogen) atoms. The number of rotatable bonds is 5. The largest absolute Gasteiger partial charge is 0.395 e. The van der Waals surface area contributed by atoms with Gasteiger partial charge in [-0.05, 0) is 31.2 Å². The number of anilines is 2. The van der Waals surface area contributed by atoms with E-state index in [9.17, 15) is 9.90 Å². The molecule has 0 bridgehead atoms. The molecule has 0 unspecified atom stereocenters. The highest BCUT2D eigenvalue weighted by Gasteiger charge is 2.24. The highest BCUT2D eigenvalue weighted by atomic mass is 32.1. The second-order valence-electron chi connectivity index (χ2n) is 6.54. The van der Waals surface area contributed by atoms with Crippen molar-refractivity contribution in [2.75, 3.05) is 49.5 Å². The Morgan fingerprint density at radius 3 is 2.72 bits per heavy atom. The number of carbonyl (C=O) groups excluding carboxylic acids is 1. The van der Waals surface area contributed by atoms with Gasteiger partial charge in [-0.25, -0.2) is 4.98 Å². The number of carbonyl (C=O) groups is 1. The van der Waals surface area contributed by atoms with Crippen molar-refractivity contribution in [1.82, 2.24) is 14.9 Å². The molecule has 2 aromatic rings. The van der Waals surface area contributed by atoms with E-state index in [2.05, 4.69) is 10.2 Å². The number of aliphatic hydroxyl groups excluding tert-OH is 1. The van der Waals surface area contributed by atoms with Crippen LogP contribution in [0, 0.1) is 0 Å². The molecule has 1 aliphatic heterocycles. The van der Waals surface area contributed by atoms with E-state index >= 15 is 0 Å². The summed E-state index contributed by atoms with van der Waals surface area (Å²) in [5.74, 6) is 1.56. The molecule has 0 atom stereocenters. The Hall–Kier alpha value is -1.93. The first-order valence-corrected chi connectivity index (χ1v) is 9.73. The normalized spacial score (nSPS) is 17.6. The smallest absolute Gasteiger partial charge is 0.228 e. The zero-order chi connectivity index (χ0) is 17.2. The zero-order valence-corrected chi connectivity index (χ0v) is 15.0. The van der Waals surface area contributed by atoms with Crippen molar-refractivity contribution < 1.29 is 9.90 Å². The highest BCUT2D eigenvalue weighted by Crippen LogP contribution is 2.39. The number of aromatic nitrogens is 2. The van der Waals surface area contributed by atoms with Crippen LogP contribution in [0.2, 0.25) is 0 Å². The number of hydrogen-bond acceptors (Lipinski definition) is 7. The number of thiophene rings is 1. The van der Waals surface area contributed by atoms with Gasteiger partial charge in [0.15, 0.2) is 0 Å². The number of amides is 1. The summed E-state index contributed by atoms with van der Waals surface area (Å²) in [4.78, 5) is 26.9. The van der Waals surface area contributed by atoms with E-state index in [0.29, 0.717) is 19.6 Å². The average molecular weight is 361 g/mol. The summed E-state index contributed by atoms with van der Waals surface area (Å²) in [6, 6.07) is 0. The lowest BCUT2D eigenvalue weighted by Crippen LogP contribution is -2.46. The molecule has 0 aromatic carbocycles. The fourth-order valence-electron chi connectivity index (χ4n) is 3.62. The molecule has 7 nitrogen and oxygen atoms in total. The molecule has 8 heteroatoms. The molecule has 1 amide bonds. The quantitative estimate of drug-likeness (QED) is 0.780. The third-order valence-corrected chi connectivity index (χ3v) is 6.14. The molecule has 1 aliphatic carbocycles. The minimum atomic E-state index is 0.0746. The van der Waals surface area contributed by atoms with E-state index in [0.717, 1.165) is 54.3 Å². The first-order chi connectivity index (χ1) is 12.3. The highest BCUT2D eigenvalue weighted by molar-refractivity contribution is 7.19. The van der Waals surface area contributed by atoms with Crippen molar-refractivity contribution in [2.24, 2.45) is 0 Å². The monoisotopic (exact) mass is 361 g/mol. The zero-order valence-electron chi connectivity index (χ0n) is 14.2. The molecule has 2 aliphatic rings. The number of aryl methyl sites for hydroxylation is 2. The standard InChI is InChI=1S/C17H23N5O2S/c23-10-5-18-15-14-12-3-1-2-4-13(12)25-16(14)20-17(19-15)22-8-6-21(11-24)7-9-22/h11,23H,1-10H2,(H,18,19,20). The van der Waals surface area contributed by atoms with E-state index in [1.165, 1.54) is 23.3 Å². The molecule has 2 aromatic heterocycles. The summed E-state index contributed by atoms with van der Waals surface area (Å²) in [6.45, 7) is 3.44. The van der Waals surface area contributed by atoms with Crippen LogP contribution < -0.4 is 10.2 Å². The lowest BCUT2D eigenvalue weighted by Gasteiger charge is -2.32. The van der Waals surface area contributed by atoms with Crippen molar-refractivity contribution in [3.63, 3.8) is 0 Å². The Morgan fingerprint density at radius 1 is 1.16 bits per heavy atom. The maximum Gasteiger partial charge on any atom is 0.228 e. The average Bonchev–Trinajstić information content (AvgIpc) is 3.04. The van der Waals surface area contributed by atoms with Gasteiger partial charge >= 0.3 is 0 Å². The van der Waals surface area contributed by atoms with Gasteiger partial charge in [-0.1, -0.05) is 0 Å². The minimum Gasteiger partial charge on any atom is -0.395 e. The number of hydrogen-bond donors (Lipinski definition) is 2. The van der Waals surface area contributed by atoms with Gasteiger partial charge in [0.1, 0.15) is 10.6 Å². The van der Waals surface area contributed by atoms with Crippen LogP contribution in [0.1, 0.15) is 23.3 Å². The molecular weight excluding hydrogens is 338 g/mol. The van der Waals surface area contributed by atoms with Crippen LogP contribution in [-0.2, 0) is 17.6 Å². The van der Waals surface area contributed by atoms with Crippen LogP contribution in [0.15, 0.2) is 0 Å². The molecule has 0 spiro atoms. The fourth-order valence-corrected chi connectivity index (χ4v) is 4.87. The van der Waals surface area contributed by atoms with Gasteiger partial charge in [-0.15, -0.1) is 11.3 Å². The van der Waals surface area contributed by atoms with Crippen molar-refractivity contribution in [3.05, 3.63) is 10.4 Å². The van der Waals surface area contributed by atoms with E-state index in [-0.39, 0.29) is 6.61 Å². The molecule has 1 fully saturated rings. The van der Waals surface area contributed by atoms with Gasteiger partial charge < -0.3 is 20.2 Å². The maximum absolute atomic E-state index is 10.9. The van der Waals surface area contributed by atoms with E-state index < -0.39 is 0 Å². The SMILES string of the molecule is O=CN1CCN(c2nc(NCCO)c3c4c(sc3n2)CCCC4)CC1. The number of fused-ring (bicyclic) bond motifs is 3. The second-order valence-corrected chi connectivity index (χ2v) is 7.63. The Morgan fingerprint density at radius 2 is 1.96 bits per heavy atom. The van der Waals surface area contributed by atoms with E-state index in [1.807, 2.05) is 0 Å². The van der Waals surface area contributed by atoms with Gasteiger partial charge in [-0.2, -0.15) is 4.98 Å². The first kappa shape index (κ1) is 16.5. The van der Waals surface area contributed by atoms with Gasteiger partial charge in [0.05, 0.1) is 12.0 Å². The summed E-state index contributed by atoms with van der Waals surface area (Å²) in [5.41, 5.74) is 1.39. The Labute approximate surface area is 150 Å². The van der Waals surface area contributed by atoms with Crippen LogP contribution in [0.25, 0.3) is 10.2 Å². The molecule has 0 radical (unpaired) electrons.